The number of furan rings is 1. The van der Waals surface area contributed by atoms with E-state index in [2.05, 4.69) is 31.2 Å². The number of guanidine groups is 1. The first-order chi connectivity index (χ1) is 14.2. The van der Waals surface area contributed by atoms with Gasteiger partial charge in [-0.15, -0.1) is 24.0 Å². The number of piperazine rings is 1. The van der Waals surface area contributed by atoms with Gasteiger partial charge in [-0.1, -0.05) is 0 Å². The SMILES string of the molecule is CN=C(NCc1ccnc(N2CCCC2)c1)N1CCN(C(=O)c2ccco2)CC1.I. The Labute approximate surface area is 194 Å². The first-order valence-corrected chi connectivity index (χ1v) is 10.2. The number of carbonyl (C=O) groups is 1. The van der Waals surface area contributed by atoms with Gasteiger partial charge in [0.15, 0.2) is 11.7 Å². The summed E-state index contributed by atoms with van der Waals surface area (Å²) in [6, 6.07) is 7.65. The first-order valence-electron chi connectivity index (χ1n) is 10.2. The molecule has 0 bridgehead atoms. The quantitative estimate of drug-likeness (QED) is 0.376. The molecule has 0 radical (unpaired) electrons. The lowest BCUT2D eigenvalue weighted by atomic mass is 10.2. The molecule has 30 heavy (non-hydrogen) atoms. The zero-order valence-corrected chi connectivity index (χ0v) is 19.6. The molecule has 0 aliphatic carbocycles. The Morgan fingerprint density at radius 3 is 2.53 bits per heavy atom. The lowest BCUT2D eigenvalue weighted by molar-refractivity contribution is 0.0657. The fourth-order valence-corrected chi connectivity index (χ4v) is 3.88. The smallest absolute Gasteiger partial charge is 0.289 e. The standard InChI is InChI=1S/C21H28N6O2.HI/c1-22-21(24-16-17-6-7-23-19(15-17)25-8-2-3-9-25)27-12-10-26(11-13-27)20(28)18-5-4-14-29-18;/h4-7,14-15H,2-3,8-13,16H2,1H3,(H,22,24);1H. The van der Waals surface area contributed by atoms with Gasteiger partial charge in [0.2, 0.25) is 0 Å². The van der Waals surface area contributed by atoms with E-state index in [4.69, 9.17) is 4.42 Å². The second kappa shape index (κ2) is 10.6. The zero-order chi connectivity index (χ0) is 20.1. The number of pyridine rings is 1. The molecule has 0 saturated carbocycles. The number of amides is 1. The van der Waals surface area contributed by atoms with Gasteiger partial charge in [0.25, 0.3) is 5.91 Å². The third kappa shape index (κ3) is 5.24. The van der Waals surface area contributed by atoms with Gasteiger partial charge in [-0.25, -0.2) is 4.98 Å². The molecule has 0 spiro atoms. The van der Waals surface area contributed by atoms with Crippen molar-refractivity contribution < 1.29 is 9.21 Å². The predicted molar refractivity (Wildman–Crippen MR) is 127 cm³/mol. The molecule has 2 fully saturated rings. The second-order valence-electron chi connectivity index (χ2n) is 7.37. The highest BCUT2D eigenvalue weighted by Crippen LogP contribution is 2.18. The summed E-state index contributed by atoms with van der Waals surface area (Å²) in [5.74, 6) is 2.26. The molecule has 2 saturated heterocycles. The number of hydrogen-bond donors (Lipinski definition) is 1. The Bertz CT molecular complexity index is 843. The molecule has 2 aliphatic rings. The number of hydrogen-bond acceptors (Lipinski definition) is 5. The molecule has 1 amide bonds. The lowest BCUT2D eigenvalue weighted by Gasteiger charge is -2.36. The van der Waals surface area contributed by atoms with E-state index in [1.54, 1.807) is 19.2 Å². The number of aromatic nitrogens is 1. The topological polar surface area (TPSA) is 77.2 Å². The van der Waals surface area contributed by atoms with Gasteiger partial charge in [-0.2, -0.15) is 0 Å². The number of halogens is 1. The van der Waals surface area contributed by atoms with Gasteiger partial charge >= 0.3 is 0 Å². The predicted octanol–water partition coefficient (Wildman–Crippen LogP) is 2.43. The number of aliphatic imine (C=N–C) groups is 1. The van der Waals surface area contributed by atoms with Crippen LogP contribution in [0.25, 0.3) is 0 Å². The van der Waals surface area contributed by atoms with Crippen LogP contribution in [0.5, 0.6) is 0 Å². The zero-order valence-electron chi connectivity index (χ0n) is 17.3. The summed E-state index contributed by atoms with van der Waals surface area (Å²) in [5, 5.41) is 3.45. The fraction of sp³-hybridized carbons (Fsp3) is 0.476. The van der Waals surface area contributed by atoms with Gasteiger partial charge < -0.3 is 24.4 Å². The highest BCUT2D eigenvalue weighted by atomic mass is 127. The minimum absolute atomic E-state index is 0. The summed E-state index contributed by atoms with van der Waals surface area (Å²) >= 11 is 0. The number of nitrogens with one attached hydrogen (secondary N) is 1. The van der Waals surface area contributed by atoms with Crippen LogP contribution in [-0.2, 0) is 6.54 Å². The monoisotopic (exact) mass is 524 g/mol. The normalized spacial score (nSPS) is 17.1. The van der Waals surface area contributed by atoms with E-state index < -0.39 is 0 Å². The largest absolute Gasteiger partial charge is 0.459 e. The first kappa shape index (κ1) is 22.4. The molecule has 1 N–H and O–H groups in total. The summed E-state index contributed by atoms with van der Waals surface area (Å²) in [4.78, 5) is 27.7. The van der Waals surface area contributed by atoms with E-state index >= 15 is 0 Å². The van der Waals surface area contributed by atoms with Crippen LogP contribution >= 0.6 is 24.0 Å². The van der Waals surface area contributed by atoms with E-state index in [1.807, 2.05) is 17.2 Å². The summed E-state index contributed by atoms with van der Waals surface area (Å²) < 4.78 is 5.23. The lowest BCUT2D eigenvalue weighted by Crippen LogP contribution is -2.53. The van der Waals surface area contributed by atoms with Crippen molar-refractivity contribution in [3.63, 3.8) is 0 Å². The second-order valence-corrected chi connectivity index (χ2v) is 7.37. The fourth-order valence-electron chi connectivity index (χ4n) is 3.88. The van der Waals surface area contributed by atoms with Crippen LogP contribution in [-0.4, -0.2) is 73.0 Å². The molecule has 2 aliphatic heterocycles. The Kier molecular flexibility index (Phi) is 7.94. The Balaban J connectivity index is 0.00000256. The van der Waals surface area contributed by atoms with Crippen molar-refractivity contribution in [2.24, 2.45) is 4.99 Å². The average molecular weight is 524 g/mol. The molecule has 4 rings (SSSR count). The number of carbonyl (C=O) groups excluding carboxylic acids is 1. The molecule has 2 aromatic heterocycles. The van der Waals surface area contributed by atoms with Crippen LogP contribution < -0.4 is 10.2 Å². The van der Waals surface area contributed by atoms with Crippen LogP contribution in [0.3, 0.4) is 0 Å². The van der Waals surface area contributed by atoms with Gasteiger partial charge in [-0.3, -0.25) is 9.79 Å². The van der Waals surface area contributed by atoms with Crippen molar-refractivity contribution in [3.8, 4) is 0 Å². The molecular weight excluding hydrogens is 495 g/mol. The maximum Gasteiger partial charge on any atom is 0.289 e. The number of nitrogens with zero attached hydrogens (tertiary/aromatic N) is 5. The summed E-state index contributed by atoms with van der Waals surface area (Å²) in [6.07, 6.45) is 5.90. The van der Waals surface area contributed by atoms with Crippen LogP contribution in [0.4, 0.5) is 5.82 Å². The summed E-state index contributed by atoms with van der Waals surface area (Å²) in [6.45, 7) is 5.65. The molecular formula is C21H29IN6O2. The highest BCUT2D eigenvalue weighted by molar-refractivity contribution is 14.0. The van der Waals surface area contributed by atoms with E-state index in [9.17, 15) is 4.79 Å². The summed E-state index contributed by atoms with van der Waals surface area (Å²) in [7, 11) is 1.80. The van der Waals surface area contributed by atoms with E-state index in [1.165, 1.54) is 24.7 Å². The Morgan fingerprint density at radius 2 is 1.87 bits per heavy atom. The minimum atomic E-state index is -0.0520. The van der Waals surface area contributed by atoms with Crippen LogP contribution in [0.1, 0.15) is 29.0 Å². The molecule has 0 atom stereocenters. The molecule has 4 heterocycles. The average Bonchev–Trinajstić information content (AvgIpc) is 3.49. The maximum atomic E-state index is 12.4. The number of anilines is 1. The molecule has 9 heteroatoms. The molecule has 8 nitrogen and oxygen atoms in total. The van der Waals surface area contributed by atoms with Crippen molar-refractivity contribution in [1.82, 2.24) is 20.1 Å². The van der Waals surface area contributed by atoms with Gasteiger partial charge in [0.1, 0.15) is 5.82 Å². The van der Waals surface area contributed by atoms with E-state index in [-0.39, 0.29) is 29.9 Å². The van der Waals surface area contributed by atoms with Crippen LogP contribution in [0.15, 0.2) is 46.1 Å². The van der Waals surface area contributed by atoms with Crippen LogP contribution in [0, 0.1) is 0 Å². The summed E-state index contributed by atoms with van der Waals surface area (Å²) in [5.41, 5.74) is 1.19. The van der Waals surface area contributed by atoms with Gasteiger partial charge in [0, 0.05) is 59.1 Å². The molecule has 0 aromatic carbocycles. The van der Waals surface area contributed by atoms with E-state index in [0.717, 1.165) is 38.0 Å². The third-order valence-electron chi connectivity index (χ3n) is 5.50. The Hall–Kier alpha value is -2.30. The molecule has 2 aromatic rings. The van der Waals surface area contributed by atoms with Crippen molar-refractivity contribution in [2.45, 2.75) is 19.4 Å². The van der Waals surface area contributed by atoms with Gasteiger partial charge in [0.05, 0.1) is 6.26 Å². The maximum absolute atomic E-state index is 12.4. The van der Waals surface area contributed by atoms with Crippen molar-refractivity contribution in [3.05, 3.63) is 48.0 Å². The molecule has 0 unspecified atom stereocenters. The third-order valence-corrected chi connectivity index (χ3v) is 5.50. The highest BCUT2D eigenvalue weighted by Gasteiger charge is 2.25. The van der Waals surface area contributed by atoms with Crippen LogP contribution in [0.2, 0.25) is 0 Å². The van der Waals surface area contributed by atoms with E-state index in [0.29, 0.717) is 25.4 Å². The minimum Gasteiger partial charge on any atom is -0.459 e. The van der Waals surface area contributed by atoms with Gasteiger partial charge in [-0.05, 0) is 42.7 Å². The van der Waals surface area contributed by atoms with Crippen molar-refractivity contribution in [2.75, 3.05) is 51.2 Å². The van der Waals surface area contributed by atoms with Crippen molar-refractivity contribution >= 4 is 41.7 Å². The number of rotatable bonds is 4. The molecule has 162 valence electrons. The Morgan fingerprint density at radius 1 is 1.13 bits per heavy atom. The van der Waals surface area contributed by atoms with Crippen molar-refractivity contribution in [1.29, 1.82) is 0 Å².